The van der Waals surface area contributed by atoms with Crippen molar-refractivity contribution in [1.29, 1.82) is 0 Å². The maximum Gasteiger partial charge on any atom is 0.327 e. The van der Waals surface area contributed by atoms with Crippen LogP contribution in [0.3, 0.4) is 0 Å². The molecule has 8 heteroatoms. The van der Waals surface area contributed by atoms with E-state index in [9.17, 15) is 28.0 Å². The minimum atomic E-state index is -3.78. The molecule has 0 bridgehead atoms. The van der Waals surface area contributed by atoms with Gasteiger partial charge >= 0.3 is 17.8 Å². The standard InChI is InChI=1S/C18H32F3NO4/c1-2-3-6-10-15(23)11-9-13-18(19,20)17(26)22(21)14-8-5-4-7-12-16(24)25/h15,23H,2-14H2,1H3,(H,24,25). The molecule has 5 nitrogen and oxygen atoms in total. The van der Waals surface area contributed by atoms with Crippen LogP contribution in [0.5, 0.6) is 0 Å². The van der Waals surface area contributed by atoms with E-state index in [-0.39, 0.29) is 25.7 Å². The molecule has 0 radical (unpaired) electrons. The number of amides is 1. The maximum atomic E-state index is 13.8. The molecule has 0 aliphatic carbocycles. The first-order valence-corrected chi connectivity index (χ1v) is 9.46. The molecule has 0 heterocycles. The number of carboxylic acid groups (broad SMARTS) is 1. The second kappa shape index (κ2) is 13.8. The minimum absolute atomic E-state index is 0.0145. The van der Waals surface area contributed by atoms with E-state index in [0.717, 1.165) is 19.3 Å². The van der Waals surface area contributed by atoms with E-state index >= 15 is 0 Å². The number of carbonyl (C=O) groups is 2. The predicted molar refractivity (Wildman–Crippen MR) is 92.5 cm³/mol. The van der Waals surface area contributed by atoms with Crippen molar-refractivity contribution in [3.63, 3.8) is 0 Å². The van der Waals surface area contributed by atoms with Crippen LogP contribution >= 0.6 is 0 Å². The van der Waals surface area contributed by atoms with Crippen molar-refractivity contribution in [1.82, 2.24) is 5.12 Å². The van der Waals surface area contributed by atoms with Gasteiger partial charge in [0.05, 0.1) is 12.6 Å². The third-order valence-electron chi connectivity index (χ3n) is 4.20. The summed E-state index contributed by atoms with van der Waals surface area (Å²) in [5.74, 6) is -6.53. The molecule has 1 amide bonds. The number of halogens is 3. The van der Waals surface area contributed by atoms with Gasteiger partial charge in [0.2, 0.25) is 0 Å². The van der Waals surface area contributed by atoms with Crippen molar-refractivity contribution in [2.24, 2.45) is 0 Å². The summed E-state index contributed by atoms with van der Waals surface area (Å²) in [5.41, 5.74) is 0. The molecule has 0 aliphatic rings. The average molecular weight is 383 g/mol. The van der Waals surface area contributed by atoms with Crippen LogP contribution in [0, 0.1) is 0 Å². The number of alkyl halides is 2. The Morgan fingerprint density at radius 1 is 1.00 bits per heavy atom. The summed E-state index contributed by atoms with van der Waals surface area (Å²) < 4.78 is 41.1. The zero-order chi connectivity index (χ0) is 20.0. The summed E-state index contributed by atoms with van der Waals surface area (Å²) in [6, 6.07) is 0. The van der Waals surface area contributed by atoms with E-state index in [4.69, 9.17) is 5.11 Å². The number of nitrogens with zero attached hydrogens (tertiary/aromatic N) is 1. The number of hydrogen-bond acceptors (Lipinski definition) is 3. The highest BCUT2D eigenvalue weighted by Crippen LogP contribution is 2.25. The van der Waals surface area contributed by atoms with Crippen molar-refractivity contribution in [3.05, 3.63) is 0 Å². The number of aliphatic hydroxyl groups is 1. The van der Waals surface area contributed by atoms with Crippen molar-refractivity contribution < 1.29 is 33.1 Å². The highest BCUT2D eigenvalue weighted by Gasteiger charge is 2.42. The molecule has 154 valence electrons. The number of rotatable bonds is 16. The molecule has 0 rings (SSSR count). The SMILES string of the molecule is CCCCCC(O)CCCC(F)(F)C(=O)N(F)CCCCCCC(=O)O. The fraction of sp³-hybridized carbons (Fsp3) is 0.889. The fourth-order valence-electron chi connectivity index (χ4n) is 2.60. The summed E-state index contributed by atoms with van der Waals surface area (Å²) in [6.45, 7) is 1.60. The number of aliphatic carboxylic acids is 1. The van der Waals surface area contributed by atoms with Gasteiger partial charge in [-0.25, -0.2) is 0 Å². The smallest absolute Gasteiger partial charge is 0.327 e. The van der Waals surface area contributed by atoms with Crippen molar-refractivity contribution in [2.75, 3.05) is 6.54 Å². The third-order valence-corrected chi connectivity index (χ3v) is 4.20. The Hall–Kier alpha value is -1.31. The molecule has 1 unspecified atom stereocenters. The predicted octanol–water partition coefficient (Wildman–Crippen LogP) is 4.48. The Kier molecular flexibility index (Phi) is 13.1. The van der Waals surface area contributed by atoms with Gasteiger partial charge < -0.3 is 10.2 Å². The lowest BCUT2D eigenvalue weighted by atomic mass is 10.0. The molecule has 1 atom stereocenters. The van der Waals surface area contributed by atoms with Gasteiger partial charge in [0, 0.05) is 12.8 Å². The zero-order valence-electron chi connectivity index (χ0n) is 15.6. The van der Waals surface area contributed by atoms with Crippen LogP contribution in [0.4, 0.5) is 13.3 Å². The van der Waals surface area contributed by atoms with Gasteiger partial charge in [0.25, 0.3) is 0 Å². The van der Waals surface area contributed by atoms with Crippen LogP contribution in [0.2, 0.25) is 0 Å². The summed E-state index contributed by atoms with van der Waals surface area (Å²) in [7, 11) is 0. The van der Waals surface area contributed by atoms with Gasteiger partial charge in [0.15, 0.2) is 0 Å². The maximum absolute atomic E-state index is 13.8. The molecule has 0 fully saturated rings. The van der Waals surface area contributed by atoms with Crippen LogP contribution in [-0.4, -0.2) is 45.8 Å². The fourth-order valence-corrected chi connectivity index (χ4v) is 2.60. The Bertz CT molecular complexity index is 408. The van der Waals surface area contributed by atoms with Crippen LogP contribution < -0.4 is 0 Å². The Morgan fingerprint density at radius 3 is 2.23 bits per heavy atom. The summed E-state index contributed by atoms with van der Waals surface area (Å²) in [5, 5.41) is 17.7. The van der Waals surface area contributed by atoms with E-state index in [1.165, 1.54) is 0 Å². The van der Waals surface area contributed by atoms with Crippen LogP contribution in [0.25, 0.3) is 0 Å². The molecule has 0 saturated carbocycles. The molecule has 0 aliphatic heterocycles. The van der Waals surface area contributed by atoms with E-state index < -0.39 is 42.0 Å². The van der Waals surface area contributed by atoms with E-state index in [1.807, 2.05) is 6.92 Å². The van der Waals surface area contributed by atoms with Crippen LogP contribution in [0.1, 0.15) is 84.0 Å². The van der Waals surface area contributed by atoms with Gasteiger partial charge in [-0.3, -0.25) is 9.59 Å². The second-order valence-electron chi connectivity index (χ2n) is 6.70. The number of carbonyl (C=O) groups excluding carboxylic acids is 1. The third kappa shape index (κ3) is 12.1. The lowest BCUT2D eigenvalue weighted by Crippen LogP contribution is -2.39. The molecule has 0 saturated heterocycles. The highest BCUT2D eigenvalue weighted by molar-refractivity contribution is 5.82. The molecule has 0 aromatic heterocycles. The van der Waals surface area contributed by atoms with Gasteiger partial charge in [-0.05, 0) is 32.1 Å². The molecular weight excluding hydrogens is 351 g/mol. The van der Waals surface area contributed by atoms with Gasteiger partial charge in [-0.15, -0.1) is 0 Å². The molecule has 0 aromatic carbocycles. The topological polar surface area (TPSA) is 77.8 Å². The second-order valence-corrected chi connectivity index (χ2v) is 6.70. The lowest BCUT2D eigenvalue weighted by Gasteiger charge is -2.20. The first kappa shape index (κ1) is 24.7. The minimum Gasteiger partial charge on any atom is -0.481 e. The van der Waals surface area contributed by atoms with Crippen molar-refractivity contribution in [2.45, 2.75) is 96.0 Å². The van der Waals surface area contributed by atoms with E-state index in [0.29, 0.717) is 25.7 Å². The van der Waals surface area contributed by atoms with Crippen LogP contribution in [0.15, 0.2) is 0 Å². The zero-order valence-corrected chi connectivity index (χ0v) is 15.6. The Balaban J connectivity index is 3.98. The quantitative estimate of drug-likeness (QED) is 0.304. The van der Waals surface area contributed by atoms with E-state index in [2.05, 4.69) is 0 Å². The Labute approximate surface area is 153 Å². The highest BCUT2D eigenvalue weighted by atomic mass is 19.3. The first-order valence-electron chi connectivity index (χ1n) is 9.46. The normalized spacial score (nSPS) is 12.8. The Morgan fingerprint density at radius 2 is 1.62 bits per heavy atom. The van der Waals surface area contributed by atoms with Gasteiger partial charge in [-0.1, -0.05) is 43.5 Å². The number of carboxylic acids is 1. The van der Waals surface area contributed by atoms with Crippen molar-refractivity contribution >= 4 is 11.9 Å². The molecule has 2 N–H and O–H groups in total. The molecule has 0 spiro atoms. The monoisotopic (exact) mass is 383 g/mol. The summed E-state index contributed by atoms with van der Waals surface area (Å²) >= 11 is 0. The average Bonchev–Trinajstić information content (AvgIpc) is 2.56. The summed E-state index contributed by atoms with van der Waals surface area (Å²) in [4.78, 5) is 21.8. The number of unbranched alkanes of at least 4 members (excludes halogenated alkanes) is 5. The molecule has 0 aromatic rings. The van der Waals surface area contributed by atoms with Crippen molar-refractivity contribution in [3.8, 4) is 0 Å². The molecule has 26 heavy (non-hydrogen) atoms. The number of aliphatic hydroxyl groups excluding tert-OH is 1. The summed E-state index contributed by atoms with van der Waals surface area (Å²) in [6.07, 6.45) is 3.69. The van der Waals surface area contributed by atoms with Gasteiger partial charge in [0.1, 0.15) is 0 Å². The number of hydrogen-bond donors (Lipinski definition) is 2. The van der Waals surface area contributed by atoms with Crippen LogP contribution in [-0.2, 0) is 9.59 Å². The van der Waals surface area contributed by atoms with Gasteiger partial charge in [-0.2, -0.15) is 13.9 Å². The first-order chi connectivity index (χ1) is 12.2. The van der Waals surface area contributed by atoms with E-state index in [1.54, 1.807) is 0 Å². The largest absolute Gasteiger partial charge is 0.481 e. The lowest BCUT2D eigenvalue weighted by molar-refractivity contribution is -0.175. The molecular formula is C18H32F3NO4.